The third-order valence-corrected chi connectivity index (χ3v) is 1.73. The predicted molar refractivity (Wildman–Crippen MR) is 41.7 cm³/mol. The van der Waals surface area contributed by atoms with Gasteiger partial charge < -0.3 is 10.4 Å². The number of amides is 1. The largest absolute Gasteiger partial charge is 0.481 e. The van der Waals surface area contributed by atoms with Gasteiger partial charge in [0.2, 0.25) is 5.91 Å². The summed E-state index contributed by atoms with van der Waals surface area (Å²) >= 11 is 0. The van der Waals surface area contributed by atoms with Crippen molar-refractivity contribution >= 4 is 11.9 Å². The van der Waals surface area contributed by atoms with E-state index in [2.05, 4.69) is 5.32 Å². The molecule has 0 aromatic rings. The van der Waals surface area contributed by atoms with Crippen molar-refractivity contribution in [3.63, 3.8) is 0 Å². The summed E-state index contributed by atoms with van der Waals surface area (Å²) in [5.74, 6) is -0.981. The molecule has 0 spiro atoms. The predicted octanol–water partition coefficient (Wildman–Crippen LogP) is -1.11. The van der Waals surface area contributed by atoms with Crippen LogP contribution in [0.25, 0.3) is 0 Å². The van der Waals surface area contributed by atoms with Crippen LogP contribution in [0.4, 0.5) is 0 Å². The van der Waals surface area contributed by atoms with E-state index in [-0.39, 0.29) is 18.4 Å². The molecular weight excluding hydrogens is 160 g/mol. The molecule has 1 rings (SSSR count). The third-order valence-electron chi connectivity index (χ3n) is 1.73. The second-order valence-electron chi connectivity index (χ2n) is 3.06. The fraction of sp³-hybridized carbons (Fsp3) is 0.714. The highest BCUT2D eigenvalue weighted by Gasteiger charge is 2.23. The van der Waals surface area contributed by atoms with Gasteiger partial charge in [0, 0.05) is 6.54 Å². The molecule has 1 aliphatic heterocycles. The molecule has 2 N–H and O–H groups in total. The standard InChI is InChI=1S/C7H12N2O3/c1-9-3-5(2-7(11)12)8-6(10)4-9/h5H,2-4H2,1H3,(H,8,10)(H,11,12). The minimum Gasteiger partial charge on any atom is -0.481 e. The average Bonchev–Trinajstić information content (AvgIpc) is 1.81. The second kappa shape index (κ2) is 3.53. The first-order chi connectivity index (χ1) is 5.58. The number of nitrogens with zero attached hydrogens (tertiary/aromatic N) is 1. The lowest BCUT2D eigenvalue weighted by atomic mass is 10.1. The Kier molecular flexibility index (Phi) is 2.65. The number of rotatable bonds is 2. The summed E-state index contributed by atoms with van der Waals surface area (Å²) in [5.41, 5.74) is 0. The number of hydrogen-bond acceptors (Lipinski definition) is 3. The fourth-order valence-electron chi connectivity index (χ4n) is 1.33. The summed E-state index contributed by atoms with van der Waals surface area (Å²) in [6.07, 6.45) is -0.00389. The number of aliphatic carboxylic acids is 1. The van der Waals surface area contributed by atoms with E-state index in [4.69, 9.17) is 5.11 Å². The lowest BCUT2D eigenvalue weighted by molar-refractivity contribution is -0.138. The second-order valence-corrected chi connectivity index (χ2v) is 3.06. The van der Waals surface area contributed by atoms with Gasteiger partial charge in [-0.05, 0) is 7.05 Å². The molecule has 0 aliphatic carbocycles. The Morgan fingerprint density at radius 2 is 2.50 bits per heavy atom. The number of carboxylic acid groups (broad SMARTS) is 1. The molecule has 0 radical (unpaired) electrons. The molecule has 0 aromatic carbocycles. The maximum absolute atomic E-state index is 10.9. The molecule has 1 fully saturated rings. The monoisotopic (exact) mass is 172 g/mol. The highest BCUT2D eigenvalue weighted by Crippen LogP contribution is 2.00. The molecule has 1 heterocycles. The van der Waals surface area contributed by atoms with Gasteiger partial charge in [-0.2, -0.15) is 0 Å². The average molecular weight is 172 g/mol. The summed E-state index contributed by atoms with van der Waals surface area (Å²) in [7, 11) is 1.80. The van der Waals surface area contributed by atoms with Gasteiger partial charge in [-0.15, -0.1) is 0 Å². The Morgan fingerprint density at radius 3 is 3.00 bits per heavy atom. The van der Waals surface area contributed by atoms with Crippen LogP contribution in [0.3, 0.4) is 0 Å². The Bertz CT molecular complexity index is 203. The van der Waals surface area contributed by atoms with E-state index in [1.165, 1.54) is 0 Å². The van der Waals surface area contributed by atoms with Crippen molar-refractivity contribution in [3.05, 3.63) is 0 Å². The molecule has 1 atom stereocenters. The molecule has 1 saturated heterocycles. The van der Waals surface area contributed by atoms with Crippen LogP contribution in [0.2, 0.25) is 0 Å². The molecule has 0 aromatic heterocycles. The Labute approximate surface area is 70.4 Å². The Balaban J connectivity index is 2.44. The summed E-state index contributed by atoms with van der Waals surface area (Å²) in [5, 5.41) is 11.1. The zero-order valence-corrected chi connectivity index (χ0v) is 6.91. The third kappa shape index (κ3) is 2.50. The summed E-state index contributed by atoms with van der Waals surface area (Å²) in [4.78, 5) is 23.0. The lowest BCUT2D eigenvalue weighted by Crippen LogP contribution is -2.53. The number of carboxylic acids is 1. The van der Waals surface area contributed by atoms with Crippen LogP contribution >= 0.6 is 0 Å². The minimum absolute atomic E-state index is 0.00389. The van der Waals surface area contributed by atoms with E-state index in [9.17, 15) is 9.59 Å². The normalized spacial score (nSPS) is 25.1. The maximum Gasteiger partial charge on any atom is 0.305 e. The molecule has 68 valence electrons. The molecule has 0 saturated carbocycles. The molecule has 12 heavy (non-hydrogen) atoms. The van der Waals surface area contributed by atoms with Crippen LogP contribution in [-0.2, 0) is 9.59 Å². The van der Waals surface area contributed by atoms with Gasteiger partial charge >= 0.3 is 5.97 Å². The number of carbonyl (C=O) groups excluding carboxylic acids is 1. The van der Waals surface area contributed by atoms with Crippen molar-refractivity contribution in [2.75, 3.05) is 20.1 Å². The highest BCUT2D eigenvalue weighted by molar-refractivity contribution is 5.80. The van der Waals surface area contributed by atoms with Gasteiger partial charge in [-0.3, -0.25) is 14.5 Å². The Morgan fingerprint density at radius 1 is 1.83 bits per heavy atom. The SMILES string of the molecule is CN1CC(=O)NC(CC(=O)O)C1. The quantitative estimate of drug-likeness (QED) is 0.554. The minimum atomic E-state index is -0.879. The van der Waals surface area contributed by atoms with Gasteiger partial charge in [-0.1, -0.05) is 0 Å². The first kappa shape index (κ1) is 8.99. The van der Waals surface area contributed by atoms with Gasteiger partial charge in [-0.25, -0.2) is 0 Å². The van der Waals surface area contributed by atoms with Crippen molar-refractivity contribution in [1.29, 1.82) is 0 Å². The molecule has 5 nitrogen and oxygen atoms in total. The smallest absolute Gasteiger partial charge is 0.305 e. The number of piperazine rings is 1. The molecule has 1 amide bonds. The van der Waals surface area contributed by atoms with Crippen LogP contribution in [0.1, 0.15) is 6.42 Å². The zero-order chi connectivity index (χ0) is 9.14. The van der Waals surface area contributed by atoms with E-state index in [1.54, 1.807) is 7.05 Å². The first-order valence-electron chi connectivity index (χ1n) is 3.77. The van der Waals surface area contributed by atoms with Crippen molar-refractivity contribution in [1.82, 2.24) is 10.2 Å². The maximum atomic E-state index is 10.9. The van der Waals surface area contributed by atoms with Crippen LogP contribution in [0, 0.1) is 0 Å². The van der Waals surface area contributed by atoms with Crippen molar-refractivity contribution in [2.24, 2.45) is 0 Å². The van der Waals surface area contributed by atoms with Crippen LogP contribution in [0.15, 0.2) is 0 Å². The highest BCUT2D eigenvalue weighted by atomic mass is 16.4. The molecule has 0 bridgehead atoms. The number of nitrogens with one attached hydrogen (secondary N) is 1. The number of likely N-dealkylation sites (N-methyl/N-ethyl adjacent to an activating group) is 1. The molecule has 5 heteroatoms. The number of carbonyl (C=O) groups is 2. The van der Waals surface area contributed by atoms with E-state index in [0.29, 0.717) is 13.1 Å². The van der Waals surface area contributed by atoms with E-state index in [1.807, 2.05) is 4.90 Å². The molecule has 1 unspecified atom stereocenters. The van der Waals surface area contributed by atoms with E-state index >= 15 is 0 Å². The van der Waals surface area contributed by atoms with E-state index in [0.717, 1.165) is 0 Å². The van der Waals surface area contributed by atoms with Gasteiger partial charge in [0.25, 0.3) is 0 Å². The number of hydrogen-bond donors (Lipinski definition) is 2. The van der Waals surface area contributed by atoms with Gasteiger partial charge in [0.15, 0.2) is 0 Å². The van der Waals surface area contributed by atoms with E-state index < -0.39 is 5.97 Å². The zero-order valence-electron chi connectivity index (χ0n) is 6.91. The lowest BCUT2D eigenvalue weighted by Gasteiger charge is -2.29. The van der Waals surface area contributed by atoms with Crippen molar-refractivity contribution in [2.45, 2.75) is 12.5 Å². The topological polar surface area (TPSA) is 69.6 Å². The molecular formula is C7H12N2O3. The first-order valence-corrected chi connectivity index (χ1v) is 3.77. The van der Waals surface area contributed by atoms with Gasteiger partial charge in [0.05, 0.1) is 19.0 Å². The van der Waals surface area contributed by atoms with Crippen LogP contribution in [0.5, 0.6) is 0 Å². The van der Waals surface area contributed by atoms with Crippen molar-refractivity contribution < 1.29 is 14.7 Å². The van der Waals surface area contributed by atoms with Crippen LogP contribution in [-0.4, -0.2) is 48.1 Å². The summed E-state index contributed by atoms with van der Waals surface area (Å²) in [6.45, 7) is 0.966. The molecule has 1 aliphatic rings. The van der Waals surface area contributed by atoms with Crippen LogP contribution < -0.4 is 5.32 Å². The van der Waals surface area contributed by atoms with Gasteiger partial charge in [0.1, 0.15) is 0 Å². The Hall–Kier alpha value is -1.10. The van der Waals surface area contributed by atoms with Crippen molar-refractivity contribution in [3.8, 4) is 0 Å². The fourth-order valence-corrected chi connectivity index (χ4v) is 1.33. The summed E-state index contributed by atoms with van der Waals surface area (Å²) in [6, 6.07) is -0.242. The summed E-state index contributed by atoms with van der Waals surface area (Å²) < 4.78 is 0.